The monoisotopic (exact) mass is 274 g/mol. The summed E-state index contributed by atoms with van der Waals surface area (Å²) >= 11 is 0. The fraction of sp³-hybridized carbons (Fsp3) is 0.333. The number of allylic oxidation sites excluding steroid dienone is 2. The van der Waals surface area contributed by atoms with Crippen LogP contribution in [0.2, 0.25) is 0 Å². The fourth-order valence-electron chi connectivity index (χ4n) is 4.34. The lowest BCUT2D eigenvalue weighted by Crippen LogP contribution is -2.04. The van der Waals surface area contributed by atoms with Crippen LogP contribution in [0.3, 0.4) is 0 Å². The maximum atomic E-state index is 2.30. The van der Waals surface area contributed by atoms with E-state index >= 15 is 0 Å². The zero-order valence-corrected chi connectivity index (χ0v) is 12.5. The van der Waals surface area contributed by atoms with Crippen LogP contribution in [-0.2, 0) is 6.42 Å². The van der Waals surface area contributed by atoms with Gasteiger partial charge in [0.15, 0.2) is 0 Å². The van der Waals surface area contributed by atoms with E-state index in [4.69, 9.17) is 0 Å². The smallest absolute Gasteiger partial charge is 0.0150 e. The molecule has 0 aromatic heterocycles. The van der Waals surface area contributed by atoms with Gasteiger partial charge in [-0.1, -0.05) is 66.2 Å². The van der Waals surface area contributed by atoms with Gasteiger partial charge in [-0.3, -0.25) is 0 Å². The maximum absolute atomic E-state index is 2.30. The molecule has 106 valence electrons. The molecule has 0 saturated heterocycles. The Morgan fingerprint density at radius 2 is 1.38 bits per heavy atom. The second kappa shape index (κ2) is 5.52. The van der Waals surface area contributed by atoms with Gasteiger partial charge >= 0.3 is 0 Å². The standard InChI is InChI=1S/C21H22/c1-3-7-16(8-4-1)11-14-20-18-12-13-19(15-18)21(20)17-9-5-2-6-10-17/h1-10,18-19H,11-15H2. The van der Waals surface area contributed by atoms with Crippen LogP contribution in [-0.4, -0.2) is 0 Å². The number of benzene rings is 2. The molecule has 0 radical (unpaired) electrons. The second-order valence-corrected chi connectivity index (χ2v) is 6.50. The van der Waals surface area contributed by atoms with Crippen LogP contribution in [0.15, 0.2) is 66.2 Å². The molecule has 0 heterocycles. The van der Waals surface area contributed by atoms with E-state index in [2.05, 4.69) is 60.7 Å². The van der Waals surface area contributed by atoms with Crippen LogP contribution in [0.5, 0.6) is 0 Å². The van der Waals surface area contributed by atoms with Gasteiger partial charge in [-0.15, -0.1) is 0 Å². The van der Waals surface area contributed by atoms with E-state index in [-0.39, 0.29) is 0 Å². The third-order valence-corrected chi connectivity index (χ3v) is 5.29. The molecule has 0 spiro atoms. The van der Waals surface area contributed by atoms with Crippen molar-refractivity contribution < 1.29 is 0 Å². The number of rotatable bonds is 4. The average Bonchev–Trinajstić information content (AvgIpc) is 3.16. The molecule has 1 saturated carbocycles. The Bertz CT molecular complexity index is 636. The molecular weight excluding hydrogens is 252 g/mol. The van der Waals surface area contributed by atoms with Crippen LogP contribution in [0.25, 0.3) is 5.57 Å². The van der Waals surface area contributed by atoms with Gasteiger partial charge in [0.2, 0.25) is 0 Å². The Balaban J connectivity index is 1.62. The Hall–Kier alpha value is -1.82. The summed E-state index contributed by atoms with van der Waals surface area (Å²) in [5.74, 6) is 1.71. The van der Waals surface area contributed by atoms with Gasteiger partial charge in [-0.05, 0) is 60.6 Å². The molecule has 2 aliphatic carbocycles. The molecule has 2 aliphatic rings. The van der Waals surface area contributed by atoms with Crippen molar-refractivity contribution in [3.63, 3.8) is 0 Å². The molecule has 0 heteroatoms. The first-order valence-corrected chi connectivity index (χ1v) is 8.24. The summed E-state index contributed by atoms with van der Waals surface area (Å²) < 4.78 is 0. The van der Waals surface area contributed by atoms with Crippen molar-refractivity contribution >= 4 is 5.57 Å². The van der Waals surface area contributed by atoms with E-state index in [9.17, 15) is 0 Å². The highest BCUT2D eigenvalue weighted by atomic mass is 14.4. The first-order chi connectivity index (χ1) is 10.4. The molecule has 2 bridgehead atoms. The van der Waals surface area contributed by atoms with E-state index in [1.807, 2.05) is 0 Å². The highest BCUT2D eigenvalue weighted by molar-refractivity contribution is 5.74. The Morgan fingerprint density at radius 3 is 2.14 bits per heavy atom. The minimum absolute atomic E-state index is 0.836. The quantitative estimate of drug-likeness (QED) is 0.690. The maximum Gasteiger partial charge on any atom is -0.0150 e. The molecule has 2 unspecified atom stereocenters. The molecule has 2 atom stereocenters. The molecule has 0 aliphatic heterocycles. The van der Waals surface area contributed by atoms with Gasteiger partial charge in [0.1, 0.15) is 0 Å². The van der Waals surface area contributed by atoms with E-state index in [0.29, 0.717) is 0 Å². The van der Waals surface area contributed by atoms with Gasteiger partial charge in [0.05, 0.1) is 0 Å². The van der Waals surface area contributed by atoms with Crippen molar-refractivity contribution in [2.75, 3.05) is 0 Å². The summed E-state index contributed by atoms with van der Waals surface area (Å²) in [5, 5.41) is 0. The van der Waals surface area contributed by atoms with Crippen LogP contribution < -0.4 is 0 Å². The third kappa shape index (κ3) is 2.44. The first-order valence-electron chi connectivity index (χ1n) is 8.24. The van der Waals surface area contributed by atoms with E-state index in [1.54, 1.807) is 11.1 Å². The first kappa shape index (κ1) is 12.9. The molecule has 1 fully saturated rings. The predicted molar refractivity (Wildman–Crippen MR) is 89.0 cm³/mol. The van der Waals surface area contributed by atoms with Gasteiger partial charge < -0.3 is 0 Å². The third-order valence-electron chi connectivity index (χ3n) is 5.29. The topological polar surface area (TPSA) is 0 Å². The van der Waals surface area contributed by atoms with Crippen LogP contribution in [0, 0.1) is 11.8 Å². The summed E-state index contributed by atoms with van der Waals surface area (Å²) in [5.41, 5.74) is 6.41. The normalized spacial score (nSPS) is 23.8. The minimum atomic E-state index is 0.836. The summed E-state index contributed by atoms with van der Waals surface area (Å²) in [6.07, 6.45) is 6.67. The summed E-state index contributed by atoms with van der Waals surface area (Å²) in [6, 6.07) is 22.0. The van der Waals surface area contributed by atoms with E-state index in [1.165, 1.54) is 43.2 Å². The molecule has 0 nitrogen and oxygen atoms in total. The molecule has 2 aromatic rings. The van der Waals surface area contributed by atoms with Crippen molar-refractivity contribution in [2.24, 2.45) is 11.8 Å². The van der Waals surface area contributed by atoms with Crippen molar-refractivity contribution in [3.8, 4) is 0 Å². The van der Waals surface area contributed by atoms with Crippen molar-refractivity contribution in [2.45, 2.75) is 32.1 Å². The van der Waals surface area contributed by atoms with Crippen LogP contribution in [0.4, 0.5) is 0 Å². The Labute approximate surface area is 127 Å². The van der Waals surface area contributed by atoms with E-state index in [0.717, 1.165) is 11.8 Å². The number of aryl methyl sites for hydroxylation is 1. The van der Waals surface area contributed by atoms with E-state index < -0.39 is 0 Å². The molecule has 0 N–H and O–H groups in total. The summed E-state index contributed by atoms with van der Waals surface area (Å²) in [4.78, 5) is 0. The highest BCUT2D eigenvalue weighted by Gasteiger charge is 2.38. The zero-order chi connectivity index (χ0) is 14.1. The van der Waals surface area contributed by atoms with Gasteiger partial charge in [-0.2, -0.15) is 0 Å². The number of hydrogen-bond acceptors (Lipinski definition) is 0. The Kier molecular flexibility index (Phi) is 3.39. The number of hydrogen-bond donors (Lipinski definition) is 0. The minimum Gasteiger partial charge on any atom is -0.0627 e. The molecule has 2 aromatic carbocycles. The lowest BCUT2D eigenvalue weighted by molar-refractivity contribution is 0.626. The van der Waals surface area contributed by atoms with Gasteiger partial charge in [0.25, 0.3) is 0 Å². The van der Waals surface area contributed by atoms with Gasteiger partial charge in [0, 0.05) is 0 Å². The SMILES string of the molecule is c1ccc(CCC2=C(c3ccccc3)C3CCC2C3)cc1. The lowest BCUT2D eigenvalue weighted by Gasteiger charge is -2.20. The lowest BCUT2D eigenvalue weighted by atomic mass is 9.85. The molecule has 21 heavy (non-hydrogen) atoms. The fourth-order valence-corrected chi connectivity index (χ4v) is 4.34. The van der Waals surface area contributed by atoms with Crippen molar-refractivity contribution in [1.29, 1.82) is 0 Å². The number of fused-ring (bicyclic) bond motifs is 2. The van der Waals surface area contributed by atoms with Crippen LogP contribution in [0.1, 0.15) is 36.8 Å². The highest BCUT2D eigenvalue weighted by Crippen LogP contribution is 2.53. The summed E-state index contributed by atoms with van der Waals surface area (Å²) in [7, 11) is 0. The molecule has 4 rings (SSSR count). The summed E-state index contributed by atoms with van der Waals surface area (Å²) in [6.45, 7) is 0. The van der Waals surface area contributed by atoms with Crippen molar-refractivity contribution in [1.82, 2.24) is 0 Å². The van der Waals surface area contributed by atoms with Crippen molar-refractivity contribution in [3.05, 3.63) is 77.4 Å². The predicted octanol–water partition coefficient (Wildman–Crippen LogP) is 5.50. The molecule has 0 amide bonds. The van der Waals surface area contributed by atoms with Crippen LogP contribution >= 0.6 is 0 Å². The average molecular weight is 274 g/mol. The second-order valence-electron chi connectivity index (χ2n) is 6.50. The zero-order valence-electron chi connectivity index (χ0n) is 12.5. The van der Waals surface area contributed by atoms with Gasteiger partial charge in [-0.25, -0.2) is 0 Å². The Morgan fingerprint density at radius 1 is 0.714 bits per heavy atom. The molecular formula is C21H22. The largest absolute Gasteiger partial charge is 0.0627 e.